The Hall–Kier alpha value is -4.22. The quantitative estimate of drug-likeness (QED) is 0.321. The summed E-state index contributed by atoms with van der Waals surface area (Å²) in [5.74, 6) is 0.835. The van der Waals surface area contributed by atoms with Crippen LogP contribution in [0.15, 0.2) is 64.8 Å². The number of anilines is 1. The fourth-order valence-electron chi connectivity index (χ4n) is 4.27. The van der Waals surface area contributed by atoms with Crippen molar-refractivity contribution in [2.45, 2.75) is 32.4 Å². The molecule has 186 valence electrons. The van der Waals surface area contributed by atoms with Gasteiger partial charge in [-0.05, 0) is 31.4 Å². The van der Waals surface area contributed by atoms with Gasteiger partial charge in [-0.15, -0.1) is 21.5 Å². The molecule has 0 spiro atoms. The molecule has 1 fully saturated rings. The Morgan fingerprint density at radius 2 is 1.95 bits per heavy atom. The third-order valence-corrected chi connectivity index (χ3v) is 6.81. The van der Waals surface area contributed by atoms with Crippen LogP contribution in [0.4, 0.5) is 5.13 Å². The number of nitrogens with one attached hydrogen (secondary N) is 1. The second-order valence-electron chi connectivity index (χ2n) is 8.58. The van der Waals surface area contributed by atoms with Crippen LogP contribution in [-0.2, 0) is 4.74 Å². The van der Waals surface area contributed by atoms with E-state index in [1.807, 2.05) is 52.4 Å². The number of aromatic nitrogens is 6. The Morgan fingerprint density at radius 1 is 1.08 bits per heavy atom. The maximum Gasteiger partial charge on any atom is 0.295 e. The van der Waals surface area contributed by atoms with Crippen molar-refractivity contribution < 1.29 is 13.9 Å². The molecule has 5 heterocycles. The summed E-state index contributed by atoms with van der Waals surface area (Å²) in [6, 6.07) is 13.3. The van der Waals surface area contributed by atoms with E-state index >= 15 is 0 Å². The number of rotatable bonds is 6. The van der Waals surface area contributed by atoms with Crippen LogP contribution < -0.4 is 5.32 Å². The number of thiazole rings is 1. The van der Waals surface area contributed by atoms with Gasteiger partial charge in [-0.3, -0.25) is 19.7 Å². The van der Waals surface area contributed by atoms with Gasteiger partial charge in [0.25, 0.3) is 5.91 Å². The molecule has 1 aliphatic heterocycles. The van der Waals surface area contributed by atoms with E-state index in [1.165, 1.54) is 11.3 Å². The van der Waals surface area contributed by atoms with Crippen LogP contribution in [0.5, 0.6) is 0 Å². The first-order chi connectivity index (χ1) is 18.2. The van der Waals surface area contributed by atoms with Crippen LogP contribution in [0.2, 0.25) is 0 Å². The highest BCUT2D eigenvalue weighted by Gasteiger charge is 2.23. The molecule has 10 nitrogen and oxygen atoms in total. The lowest BCUT2D eigenvalue weighted by Crippen LogP contribution is -2.18. The zero-order valence-corrected chi connectivity index (χ0v) is 20.8. The molecule has 0 radical (unpaired) electrons. The average Bonchev–Trinajstić information content (AvgIpc) is 3.70. The van der Waals surface area contributed by atoms with Crippen molar-refractivity contribution in [1.29, 1.82) is 0 Å². The lowest BCUT2D eigenvalue weighted by atomic mass is 10.1. The molecule has 1 saturated heterocycles. The van der Waals surface area contributed by atoms with Gasteiger partial charge < -0.3 is 9.15 Å². The van der Waals surface area contributed by atoms with E-state index in [0.29, 0.717) is 22.4 Å². The number of pyridine rings is 1. The molecule has 1 N–H and O–H groups in total. The second-order valence-corrected chi connectivity index (χ2v) is 9.44. The fraction of sp³-hybridized carbons (Fsp3) is 0.231. The molecule has 1 unspecified atom stereocenters. The van der Waals surface area contributed by atoms with Crippen LogP contribution in [-0.4, -0.2) is 42.2 Å². The molecular formula is C26H23N7O3S. The maximum atomic E-state index is 13.1. The van der Waals surface area contributed by atoms with Crippen molar-refractivity contribution in [3.05, 3.63) is 72.0 Å². The Bertz CT molecular complexity index is 1520. The first-order valence-electron chi connectivity index (χ1n) is 11.9. The number of hydrogen-bond donors (Lipinski definition) is 1. The average molecular weight is 514 g/mol. The van der Waals surface area contributed by atoms with Crippen molar-refractivity contribution in [2.75, 3.05) is 11.9 Å². The Kier molecular flexibility index (Phi) is 6.29. The minimum atomic E-state index is -0.421. The summed E-state index contributed by atoms with van der Waals surface area (Å²) in [5.41, 5.74) is 3.53. The first kappa shape index (κ1) is 23.2. The molecule has 11 heteroatoms. The molecule has 1 atom stereocenters. The van der Waals surface area contributed by atoms with Gasteiger partial charge in [0.15, 0.2) is 16.8 Å². The molecule has 1 aliphatic rings. The molecule has 0 aliphatic carbocycles. The summed E-state index contributed by atoms with van der Waals surface area (Å²) in [7, 11) is 0. The highest BCUT2D eigenvalue weighted by atomic mass is 32.1. The molecule has 1 aromatic carbocycles. The number of amides is 1. The molecule has 37 heavy (non-hydrogen) atoms. The van der Waals surface area contributed by atoms with E-state index < -0.39 is 5.91 Å². The number of oxazole rings is 1. The van der Waals surface area contributed by atoms with Gasteiger partial charge in [-0.1, -0.05) is 30.3 Å². The molecule has 1 amide bonds. The van der Waals surface area contributed by atoms with Crippen molar-refractivity contribution in [1.82, 2.24) is 29.7 Å². The summed E-state index contributed by atoms with van der Waals surface area (Å²) >= 11 is 1.32. The summed E-state index contributed by atoms with van der Waals surface area (Å²) < 4.78 is 13.6. The predicted molar refractivity (Wildman–Crippen MR) is 138 cm³/mol. The Balaban J connectivity index is 1.22. The summed E-state index contributed by atoms with van der Waals surface area (Å²) in [4.78, 5) is 26.4. The zero-order valence-electron chi connectivity index (χ0n) is 20.0. The van der Waals surface area contributed by atoms with E-state index in [0.717, 1.165) is 48.5 Å². The SMILES string of the molecule is Cc1nc(-c2ccc(-c3nncn3C3CCCCO3)cc2)c(C(=O)Nc2nc(-c3ccccn3)cs2)o1. The van der Waals surface area contributed by atoms with Gasteiger partial charge in [0.1, 0.15) is 23.9 Å². The van der Waals surface area contributed by atoms with E-state index in [-0.39, 0.29) is 12.0 Å². The number of carbonyl (C=O) groups excluding carboxylic acids is 1. The number of nitrogens with zero attached hydrogens (tertiary/aromatic N) is 6. The van der Waals surface area contributed by atoms with Crippen molar-refractivity contribution in [3.8, 4) is 34.0 Å². The van der Waals surface area contributed by atoms with Gasteiger partial charge in [-0.2, -0.15) is 0 Å². The number of carbonyl (C=O) groups is 1. The van der Waals surface area contributed by atoms with Gasteiger partial charge in [0, 0.05) is 36.2 Å². The topological polar surface area (TPSA) is 121 Å². The standard InChI is InChI=1S/C26H23N7O3S/c1-16-29-22(23(36-16)25(34)31-26-30-20(14-37-26)19-6-2-4-12-27-19)17-8-10-18(11-9-17)24-32-28-15-33(24)21-7-3-5-13-35-21/h2,4,6,8-12,14-15,21H,3,5,7,13H2,1H3,(H,30,31,34). The Labute approximate surface area is 216 Å². The van der Waals surface area contributed by atoms with E-state index in [1.54, 1.807) is 19.4 Å². The summed E-state index contributed by atoms with van der Waals surface area (Å²) in [6.07, 6.45) is 6.47. The lowest BCUT2D eigenvalue weighted by Gasteiger charge is -2.24. The molecule has 6 rings (SSSR count). The zero-order chi connectivity index (χ0) is 25.2. The van der Waals surface area contributed by atoms with Crippen molar-refractivity contribution >= 4 is 22.4 Å². The third-order valence-electron chi connectivity index (χ3n) is 6.05. The lowest BCUT2D eigenvalue weighted by molar-refractivity contribution is -0.0311. The first-order valence-corrected chi connectivity index (χ1v) is 12.8. The molecule has 4 aromatic heterocycles. The normalized spacial score (nSPS) is 15.5. The summed E-state index contributed by atoms with van der Waals surface area (Å²) in [6.45, 7) is 2.45. The number of ether oxygens (including phenoxy) is 1. The van der Waals surface area contributed by atoms with Crippen LogP contribution in [0.3, 0.4) is 0 Å². The van der Waals surface area contributed by atoms with Gasteiger partial charge >= 0.3 is 0 Å². The number of aryl methyl sites for hydroxylation is 1. The fourth-order valence-corrected chi connectivity index (χ4v) is 4.97. The van der Waals surface area contributed by atoms with Crippen molar-refractivity contribution in [3.63, 3.8) is 0 Å². The monoisotopic (exact) mass is 513 g/mol. The van der Waals surface area contributed by atoms with Crippen LogP contribution >= 0.6 is 11.3 Å². The van der Waals surface area contributed by atoms with Gasteiger partial charge in [-0.25, -0.2) is 9.97 Å². The Morgan fingerprint density at radius 3 is 2.73 bits per heavy atom. The minimum Gasteiger partial charge on any atom is -0.435 e. The predicted octanol–water partition coefficient (Wildman–Crippen LogP) is 5.38. The minimum absolute atomic E-state index is 0.0593. The van der Waals surface area contributed by atoms with Crippen molar-refractivity contribution in [2.24, 2.45) is 0 Å². The van der Waals surface area contributed by atoms with E-state index in [4.69, 9.17) is 9.15 Å². The molecule has 5 aromatic rings. The number of hydrogen-bond acceptors (Lipinski definition) is 9. The third kappa shape index (κ3) is 4.78. The molecule has 0 bridgehead atoms. The van der Waals surface area contributed by atoms with Crippen LogP contribution in [0.25, 0.3) is 34.0 Å². The van der Waals surface area contributed by atoms with Crippen LogP contribution in [0.1, 0.15) is 41.9 Å². The van der Waals surface area contributed by atoms with Crippen LogP contribution in [0, 0.1) is 6.92 Å². The highest BCUT2D eigenvalue weighted by Crippen LogP contribution is 2.31. The van der Waals surface area contributed by atoms with E-state index in [9.17, 15) is 4.79 Å². The van der Waals surface area contributed by atoms with Gasteiger partial charge in [0.2, 0.25) is 5.76 Å². The smallest absolute Gasteiger partial charge is 0.295 e. The summed E-state index contributed by atoms with van der Waals surface area (Å²) in [5, 5.41) is 13.5. The van der Waals surface area contributed by atoms with E-state index in [2.05, 4.69) is 30.5 Å². The highest BCUT2D eigenvalue weighted by molar-refractivity contribution is 7.14. The largest absolute Gasteiger partial charge is 0.435 e. The maximum absolute atomic E-state index is 13.1. The number of benzene rings is 1. The second kappa shape index (κ2) is 10.0. The van der Waals surface area contributed by atoms with Gasteiger partial charge in [0.05, 0.1) is 5.69 Å². The molecule has 0 saturated carbocycles. The molecular weight excluding hydrogens is 490 g/mol.